The van der Waals surface area contributed by atoms with Crippen LogP contribution in [0.15, 0.2) is 24.4 Å². The topological polar surface area (TPSA) is 98.8 Å². The lowest BCUT2D eigenvalue weighted by atomic mass is 10.2. The van der Waals surface area contributed by atoms with Gasteiger partial charge in [-0.2, -0.15) is 13.2 Å². The Bertz CT molecular complexity index is 677. The number of rotatable bonds is 8. The number of nitro benzene ring substituents is 2. The molecule has 8 nitrogen and oxygen atoms in total. The maximum atomic E-state index is 14.1. The number of ether oxygens (including phenoxy) is 1. The molecule has 0 aliphatic carbocycles. The first-order valence-corrected chi connectivity index (χ1v) is 6.68. The first kappa shape index (κ1) is 19.2. The van der Waals surface area contributed by atoms with E-state index in [9.17, 15) is 33.4 Å². The Hall–Kier alpha value is -2.85. The van der Waals surface area contributed by atoms with Crippen molar-refractivity contribution >= 4 is 11.4 Å². The largest absolute Gasteiger partial charge is 0.441 e. The van der Waals surface area contributed by atoms with Crippen molar-refractivity contribution < 1.29 is 27.8 Å². The molecule has 0 saturated heterocycles. The van der Waals surface area contributed by atoms with E-state index in [0.717, 1.165) is 4.90 Å². The third-order valence-electron chi connectivity index (χ3n) is 3.14. The van der Waals surface area contributed by atoms with Crippen molar-refractivity contribution in [2.24, 2.45) is 0 Å². The summed E-state index contributed by atoms with van der Waals surface area (Å²) in [4.78, 5) is 20.3. The van der Waals surface area contributed by atoms with E-state index < -0.39 is 44.6 Å². The van der Waals surface area contributed by atoms with Crippen LogP contribution in [0.3, 0.4) is 0 Å². The van der Waals surface area contributed by atoms with Crippen molar-refractivity contribution in [2.75, 3.05) is 13.1 Å². The Morgan fingerprint density at radius 1 is 1.21 bits per heavy atom. The SMILES string of the molecule is C=C(N(CC)CC)C(F)(F)Oc1cc(F)c([N+](=O)[O-])cc1[N+](=O)[O-]. The third-order valence-corrected chi connectivity index (χ3v) is 3.14. The zero-order valence-corrected chi connectivity index (χ0v) is 12.8. The van der Waals surface area contributed by atoms with Gasteiger partial charge < -0.3 is 9.64 Å². The molecule has 0 aromatic heterocycles. The number of hydrogen-bond acceptors (Lipinski definition) is 6. The molecular weight excluding hydrogens is 335 g/mol. The summed E-state index contributed by atoms with van der Waals surface area (Å²) in [7, 11) is 0. The van der Waals surface area contributed by atoms with Gasteiger partial charge in [-0.3, -0.25) is 20.2 Å². The summed E-state index contributed by atoms with van der Waals surface area (Å²) in [5.74, 6) is -2.67. The zero-order valence-electron chi connectivity index (χ0n) is 12.8. The van der Waals surface area contributed by atoms with Crippen LogP contribution in [0.5, 0.6) is 5.75 Å². The second-order valence-corrected chi connectivity index (χ2v) is 4.52. The maximum Gasteiger partial charge on any atom is 0.441 e. The minimum Gasteiger partial charge on any atom is -0.420 e. The van der Waals surface area contributed by atoms with Crippen LogP contribution in [0.4, 0.5) is 24.5 Å². The van der Waals surface area contributed by atoms with E-state index in [0.29, 0.717) is 0 Å². The summed E-state index contributed by atoms with van der Waals surface area (Å²) >= 11 is 0. The molecule has 0 aliphatic rings. The summed E-state index contributed by atoms with van der Waals surface area (Å²) in [6, 6.07) is 0.403. The van der Waals surface area contributed by atoms with Crippen LogP contribution < -0.4 is 4.74 Å². The average Bonchev–Trinajstić information content (AvgIpc) is 2.47. The fraction of sp³-hybridized carbons (Fsp3) is 0.385. The molecule has 0 spiro atoms. The number of likely N-dealkylation sites (N-methyl/N-ethyl adjacent to an activating group) is 1. The van der Waals surface area contributed by atoms with E-state index in [2.05, 4.69) is 11.3 Å². The van der Waals surface area contributed by atoms with E-state index in [1.54, 1.807) is 13.8 Å². The highest BCUT2D eigenvalue weighted by Crippen LogP contribution is 2.38. The van der Waals surface area contributed by atoms with Gasteiger partial charge in [0.15, 0.2) is 0 Å². The van der Waals surface area contributed by atoms with E-state index >= 15 is 0 Å². The van der Waals surface area contributed by atoms with E-state index in [4.69, 9.17) is 0 Å². The number of nitro groups is 2. The lowest BCUT2D eigenvalue weighted by Crippen LogP contribution is -2.38. The van der Waals surface area contributed by atoms with Crippen molar-refractivity contribution in [1.82, 2.24) is 4.90 Å². The Morgan fingerprint density at radius 3 is 2.12 bits per heavy atom. The molecule has 0 unspecified atom stereocenters. The van der Waals surface area contributed by atoms with Crippen molar-refractivity contribution in [3.63, 3.8) is 0 Å². The van der Waals surface area contributed by atoms with Gasteiger partial charge in [0.2, 0.25) is 11.6 Å². The molecular formula is C13H14F3N3O5. The predicted molar refractivity (Wildman–Crippen MR) is 77.3 cm³/mol. The van der Waals surface area contributed by atoms with Gasteiger partial charge in [-0.15, -0.1) is 0 Å². The molecule has 0 amide bonds. The van der Waals surface area contributed by atoms with Gasteiger partial charge in [0.25, 0.3) is 0 Å². The van der Waals surface area contributed by atoms with Gasteiger partial charge in [0.05, 0.1) is 9.85 Å². The van der Waals surface area contributed by atoms with Crippen LogP contribution in [0.25, 0.3) is 0 Å². The Morgan fingerprint density at radius 2 is 1.71 bits per heavy atom. The fourth-order valence-electron chi connectivity index (χ4n) is 1.88. The normalized spacial score (nSPS) is 11.0. The Labute approximate surface area is 134 Å². The predicted octanol–water partition coefficient (Wildman–Crippen LogP) is 3.47. The first-order chi connectivity index (χ1) is 11.0. The number of alkyl halides is 2. The summed E-state index contributed by atoms with van der Waals surface area (Å²) in [5, 5.41) is 21.5. The monoisotopic (exact) mass is 349 g/mol. The molecule has 0 fully saturated rings. The second kappa shape index (κ2) is 7.15. The average molecular weight is 349 g/mol. The summed E-state index contributed by atoms with van der Waals surface area (Å²) < 4.78 is 46.1. The van der Waals surface area contributed by atoms with Gasteiger partial charge >= 0.3 is 17.5 Å². The molecule has 0 bridgehead atoms. The van der Waals surface area contributed by atoms with Crippen molar-refractivity contribution in [2.45, 2.75) is 20.0 Å². The quantitative estimate of drug-likeness (QED) is 0.526. The van der Waals surface area contributed by atoms with Crippen LogP contribution in [-0.4, -0.2) is 33.9 Å². The molecule has 1 aromatic carbocycles. The summed E-state index contributed by atoms with van der Waals surface area (Å²) in [5.41, 5.74) is -3.16. The van der Waals surface area contributed by atoms with E-state index in [1.165, 1.54) is 0 Å². The molecule has 0 N–H and O–H groups in total. The molecule has 0 heterocycles. The molecule has 1 aromatic rings. The van der Waals surface area contributed by atoms with Crippen LogP contribution >= 0.6 is 0 Å². The lowest BCUT2D eigenvalue weighted by Gasteiger charge is -2.29. The van der Waals surface area contributed by atoms with Crippen molar-refractivity contribution in [3.05, 3.63) is 50.5 Å². The zero-order chi connectivity index (χ0) is 18.7. The number of halogens is 3. The minimum absolute atomic E-state index is 0.172. The van der Waals surface area contributed by atoms with Gasteiger partial charge in [-0.05, 0) is 13.8 Å². The van der Waals surface area contributed by atoms with Crippen LogP contribution in [-0.2, 0) is 0 Å². The highest BCUT2D eigenvalue weighted by Gasteiger charge is 2.41. The van der Waals surface area contributed by atoms with Gasteiger partial charge in [0.1, 0.15) is 11.8 Å². The smallest absolute Gasteiger partial charge is 0.420 e. The standard InChI is InChI=1S/C13H14F3N3O5/c1-4-17(5-2)8(3)13(15,16)24-12-6-9(14)10(18(20)21)7-11(12)19(22)23/h6-7H,3-5H2,1-2H3. The number of benzene rings is 1. The molecule has 11 heteroatoms. The molecule has 1 rings (SSSR count). The second-order valence-electron chi connectivity index (χ2n) is 4.52. The van der Waals surface area contributed by atoms with E-state index in [1.807, 2.05) is 0 Å². The van der Waals surface area contributed by atoms with Gasteiger partial charge in [-0.25, -0.2) is 0 Å². The highest BCUT2D eigenvalue weighted by molar-refractivity contribution is 5.54. The molecule has 24 heavy (non-hydrogen) atoms. The van der Waals surface area contributed by atoms with Gasteiger partial charge in [-0.1, -0.05) is 6.58 Å². The Balaban J connectivity index is 3.31. The third kappa shape index (κ3) is 3.91. The molecule has 132 valence electrons. The summed E-state index contributed by atoms with van der Waals surface area (Å²) in [6.45, 7) is 6.69. The van der Waals surface area contributed by atoms with Crippen LogP contribution in [0, 0.1) is 26.0 Å². The molecule has 0 aliphatic heterocycles. The fourth-order valence-corrected chi connectivity index (χ4v) is 1.88. The van der Waals surface area contributed by atoms with Gasteiger partial charge in [0, 0.05) is 19.2 Å². The van der Waals surface area contributed by atoms with Crippen LogP contribution in [0.2, 0.25) is 0 Å². The first-order valence-electron chi connectivity index (χ1n) is 6.68. The number of hydrogen-bond donors (Lipinski definition) is 0. The Kier molecular flexibility index (Phi) is 5.72. The molecule has 0 radical (unpaired) electrons. The molecule has 0 saturated carbocycles. The van der Waals surface area contributed by atoms with Crippen LogP contribution in [0.1, 0.15) is 13.8 Å². The van der Waals surface area contributed by atoms with Crippen molar-refractivity contribution in [3.8, 4) is 5.75 Å². The number of nitrogens with zero attached hydrogens (tertiary/aromatic N) is 3. The minimum atomic E-state index is -4.07. The molecule has 0 atom stereocenters. The van der Waals surface area contributed by atoms with E-state index in [-0.39, 0.29) is 25.2 Å². The summed E-state index contributed by atoms with van der Waals surface area (Å²) in [6.07, 6.45) is -4.07. The van der Waals surface area contributed by atoms with Crippen molar-refractivity contribution in [1.29, 1.82) is 0 Å². The maximum absolute atomic E-state index is 14.1. The lowest BCUT2D eigenvalue weighted by molar-refractivity contribution is -0.397. The highest BCUT2D eigenvalue weighted by atomic mass is 19.3.